The van der Waals surface area contributed by atoms with Crippen LogP contribution in [0.15, 0.2) is 29.1 Å². The molecular weight excluding hydrogens is 340 g/mol. The van der Waals surface area contributed by atoms with E-state index in [0.29, 0.717) is 36.0 Å². The van der Waals surface area contributed by atoms with Crippen molar-refractivity contribution >= 4 is 29.1 Å². The van der Waals surface area contributed by atoms with Crippen LogP contribution < -0.4 is 16.6 Å². The van der Waals surface area contributed by atoms with Crippen LogP contribution >= 0.6 is 12.4 Å². The molecule has 7 heteroatoms. The molecule has 0 spiro atoms. The van der Waals surface area contributed by atoms with E-state index in [2.05, 4.69) is 17.3 Å². The van der Waals surface area contributed by atoms with Gasteiger partial charge in [-0.05, 0) is 25.8 Å². The largest absolute Gasteiger partial charge is 0.351 e. The van der Waals surface area contributed by atoms with Crippen LogP contribution in [0.3, 0.4) is 0 Å². The Morgan fingerprint density at radius 3 is 2.60 bits per heavy atom. The Kier molecular flexibility index (Phi) is 8.58. The maximum Gasteiger partial charge on any atom is 0.274 e. The maximum atomic E-state index is 12.6. The highest BCUT2D eigenvalue weighted by atomic mass is 35.5. The fourth-order valence-electron chi connectivity index (χ4n) is 2.56. The van der Waals surface area contributed by atoms with E-state index in [4.69, 9.17) is 5.73 Å². The Bertz CT molecular complexity index is 758. The van der Waals surface area contributed by atoms with Crippen molar-refractivity contribution in [1.29, 1.82) is 0 Å². The number of nitrogens with two attached hydrogens (primary N) is 1. The number of nitrogens with zero attached hydrogens (tertiary/aromatic N) is 2. The Morgan fingerprint density at radius 2 is 1.96 bits per heavy atom. The number of amides is 1. The number of aryl methyl sites for hydroxylation is 1. The minimum absolute atomic E-state index is 0. The van der Waals surface area contributed by atoms with E-state index in [-0.39, 0.29) is 29.9 Å². The molecular formula is C18H27ClN4O2. The second-order valence-electron chi connectivity index (χ2n) is 6.15. The lowest BCUT2D eigenvalue weighted by molar-refractivity contribution is 0.0947. The molecule has 1 unspecified atom stereocenters. The van der Waals surface area contributed by atoms with Crippen LogP contribution in [0.1, 0.15) is 50.0 Å². The molecule has 1 aromatic heterocycles. The van der Waals surface area contributed by atoms with Crippen molar-refractivity contribution in [2.75, 3.05) is 6.54 Å². The number of carbonyl (C=O) groups is 1. The van der Waals surface area contributed by atoms with Gasteiger partial charge in [-0.1, -0.05) is 38.0 Å². The third-order valence-corrected chi connectivity index (χ3v) is 3.94. The Hall–Kier alpha value is -1.92. The molecule has 2 rings (SSSR count). The molecule has 1 atom stereocenters. The van der Waals surface area contributed by atoms with Gasteiger partial charge in [0.15, 0.2) is 5.69 Å². The number of hydrogen-bond donors (Lipinski definition) is 2. The first-order valence-electron chi connectivity index (χ1n) is 8.58. The van der Waals surface area contributed by atoms with Crippen molar-refractivity contribution in [3.8, 4) is 0 Å². The highest BCUT2D eigenvalue weighted by molar-refractivity contribution is 6.04. The molecule has 138 valence electrons. The monoisotopic (exact) mass is 366 g/mol. The molecule has 0 fully saturated rings. The number of hydrogen-bond acceptors (Lipinski definition) is 4. The average Bonchev–Trinajstić information content (AvgIpc) is 2.56. The molecule has 2 aromatic rings. The number of fused-ring (bicyclic) bond motifs is 1. The first-order valence-corrected chi connectivity index (χ1v) is 8.58. The molecule has 3 N–H and O–H groups in total. The van der Waals surface area contributed by atoms with E-state index in [0.717, 1.165) is 19.3 Å². The van der Waals surface area contributed by atoms with Gasteiger partial charge in [0.05, 0.1) is 5.39 Å². The maximum absolute atomic E-state index is 12.6. The molecule has 0 aliphatic rings. The zero-order chi connectivity index (χ0) is 17.5. The zero-order valence-corrected chi connectivity index (χ0v) is 15.6. The van der Waals surface area contributed by atoms with Crippen molar-refractivity contribution in [1.82, 2.24) is 15.1 Å². The quantitative estimate of drug-likeness (QED) is 0.702. The van der Waals surface area contributed by atoms with Gasteiger partial charge in [-0.2, -0.15) is 5.10 Å². The highest BCUT2D eigenvalue weighted by Gasteiger charge is 2.16. The van der Waals surface area contributed by atoms with Crippen molar-refractivity contribution in [2.45, 2.75) is 52.1 Å². The van der Waals surface area contributed by atoms with Crippen LogP contribution in [0.5, 0.6) is 0 Å². The van der Waals surface area contributed by atoms with Crippen LogP contribution in [0.4, 0.5) is 0 Å². The summed E-state index contributed by atoms with van der Waals surface area (Å²) in [5, 5.41) is 8.29. The van der Waals surface area contributed by atoms with E-state index in [1.165, 1.54) is 4.68 Å². The topological polar surface area (TPSA) is 90.0 Å². The van der Waals surface area contributed by atoms with Gasteiger partial charge in [0.2, 0.25) is 0 Å². The number of unbranched alkanes of at least 4 members (excludes halogenated alkanes) is 2. The molecule has 0 radical (unpaired) electrons. The number of aromatic nitrogens is 2. The van der Waals surface area contributed by atoms with Crippen LogP contribution in [0.2, 0.25) is 0 Å². The highest BCUT2D eigenvalue weighted by Crippen LogP contribution is 2.13. The zero-order valence-electron chi connectivity index (χ0n) is 14.8. The number of carbonyl (C=O) groups excluding carboxylic acids is 1. The number of benzene rings is 1. The molecule has 0 aliphatic heterocycles. The van der Waals surface area contributed by atoms with Crippen molar-refractivity contribution < 1.29 is 4.79 Å². The molecule has 1 amide bonds. The Morgan fingerprint density at radius 1 is 1.28 bits per heavy atom. The summed E-state index contributed by atoms with van der Waals surface area (Å²) in [7, 11) is 0. The van der Waals surface area contributed by atoms with E-state index >= 15 is 0 Å². The molecule has 1 aromatic carbocycles. The van der Waals surface area contributed by atoms with Crippen molar-refractivity contribution in [2.24, 2.45) is 5.73 Å². The molecule has 6 nitrogen and oxygen atoms in total. The summed E-state index contributed by atoms with van der Waals surface area (Å²) in [5.41, 5.74) is 5.86. The summed E-state index contributed by atoms with van der Waals surface area (Å²) >= 11 is 0. The lowest BCUT2D eigenvalue weighted by Gasteiger charge is -2.12. The normalized spacial score (nSPS) is 11.8. The smallest absolute Gasteiger partial charge is 0.274 e. The fourth-order valence-corrected chi connectivity index (χ4v) is 2.56. The van der Waals surface area contributed by atoms with Gasteiger partial charge in [0.25, 0.3) is 11.5 Å². The standard InChI is InChI=1S/C18H26N4O2.ClH/c1-3-4-7-12-22-18(24)15-9-6-5-8-14(15)16(21-22)17(23)20-11-10-13(2)19;/h5-6,8-9,13H,3-4,7,10-12,19H2,1-2H3,(H,20,23);1H. The molecule has 0 saturated heterocycles. The summed E-state index contributed by atoms with van der Waals surface area (Å²) in [6.07, 6.45) is 3.65. The molecule has 25 heavy (non-hydrogen) atoms. The second-order valence-corrected chi connectivity index (χ2v) is 6.15. The van der Waals surface area contributed by atoms with Gasteiger partial charge in [0.1, 0.15) is 0 Å². The number of halogens is 1. The van der Waals surface area contributed by atoms with E-state index in [1.54, 1.807) is 18.2 Å². The van der Waals surface area contributed by atoms with Gasteiger partial charge < -0.3 is 11.1 Å². The van der Waals surface area contributed by atoms with Gasteiger partial charge in [-0.3, -0.25) is 9.59 Å². The number of rotatable bonds is 8. The molecule has 0 saturated carbocycles. The lowest BCUT2D eigenvalue weighted by Crippen LogP contribution is -2.32. The molecule has 0 bridgehead atoms. The third kappa shape index (κ3) is 5.54. The predicted octanol–water partition coefficient (Wildman–Crippen LogP) is 2.48. The van der Waals surface area contributed by atoms with Crippen LogP contribution in [-0.4, -0.2) is 28.3 Å². The summed E-state index contributed by atoms with van der Waals surface area (Å²) in [5.74, 6) is -0.268. The predicted molar refractivity (Wildman–Crippen MR) is 103 cm³/mol. The summed E-state index contributed by atoms with van der Waals surface area (Å²) in [6.45, 7) is 5.01. The minimum atomic E-state index is -0.268. The first kappa shape index (κ1) is 21.1. The van der Waals surface area contributed by atoms with E-state index in [1.807, 2.05) is 13.0 Å². The van der Waals surface area contributed by atoms with Gasteiger partial charge >= 0.3 is 0 Å². The van der Waals surface area contributed by atoms with Crippen LogP contribution in [-0.2, 0) is 6.54 Å². The summed E-state index contributed by atoms with van der Waals surface area (Å²) in [4.78, 5) is 25.1. The number of nitrogens with one attached hydrogen (secondary N) is 1. The minimum Gasteiger partial charge on any atom is -0.351 e. The van der Waals surface area contributed by atoms with Crippen LogP contribution in [0, 0.1) is 0 Å². The molecule has 0 aliphatic carbocycles. The first-order chi connectivity index (χ1) is 11.5. The lowest BCUT2D eigenvalue weighted by atomic mass is 10.1. The molecule has 1 heterocycles. The summed E-state index contributed by atoms with van der Waals surface area (Å²) < 4.78 is 1.42. The summed E-state index contributed by atoms with van der Waals surface area (Å²) in [6, 6.07) is 7.15. The second kappa shape index (κ2) is 10.2. The Labute approximate surface area is 154 Å². The van der Waals surface area contributed by atoms with Crippen LogP contribution in [0.25, 0.3) is 10.8 Å². The van der Waals surface area contributed by atoms with Gasteiger partial charge in [-0.15, -0.1) is 12.4 Å². The average molecular weight is 367 g/mol. The third-order valence-electron chi connectivity index (χ3n) is 3.94. The van der Waals surface area contributed by atoms with Crippen molar-refractivity contribution in [3.05, 3.63) is 40.3 Å². The Balaban J connectivity index is 0.00000312. The fraction of sp³-hybridized carbons (Fsp3) is 0.500. The van der Waals surface area contributed by atoms with E-state index < -0.39 is 0 Å². The van der Waals surface area contributed by atoms with Gasteiger partial charge in [0, 0.05) is 24.5 Å². The van der Waals surface area contributed by atoms with Crippen molar-refractivity contribution in [3.63, 3.8) is 0 Å². The SMILES string of the molecule is CCCCCn1nc(C(=O)NCCC(C)N)c2ccccc2c1=O.Cl. The van der Waals surface area contributed by atoms with E-state index in [9.17, 15) is 9.59 Å². The van der Waals surface area contributed by atoms with Gasteiger partial charge in [-0.25, -0.2) is 4.68 Å².